The maximum atomic E-state index is 12.7. The largest absolute Gasteiger partial charge is 0.492 e. The Morgan fingerprint density at radius 3 is 2.82 bits per heavy atom. The molecule has 0 saturated carbocycles. The number of rotatable bonds is 6. The van der Waals surface area contributed by atoms with Crippen LogP contribution < -0.4 is 10.1 Å². The molecular formula is C21H27N3O4. The zero-order valence-corrected chi connectivity index (χ0v) is 16.4. The number of amides is 1. The van der Waals surface area contributed by atoms with E-state index in [1.807, 2.05) is 13.8 Å². The van der Waals surface area contributed by atoms with Gasteiger partial charge in [-0.15, -0.1) is 0 Å². The third-order valence-electron chi connectivity index (χ3n) is 5.54. The van der Waals surface area contributed by atoms with E-state index in [9.17, 15) is 20.0 Å². The normalized spacial score (nSPS) is 24.4. The molecule has 150 valence electrons. The van der Waals surface area contributed by atoms with Crippen molar-refractivity contribution in [3.05, 3.63) is 29.3 Å². The maximum Gasteiger partial charge on any atom is 0.335 e. The average Bonchev–Trinajstić information content (AvgIpc) is 3.34. The highest BCUT2D eigenvalue weighted by atomic mass is 16.5. The van der Waals surface area contributed by atoms with Crippen LogP contribution in [0, 0.1) is 11.3 Å². The minimum Gasteiger partial charge on any atom is -0.492 e. The van der Waals surface area contributed by atoms with Gasteiger partial charge in [-0.3, -0.25) is 10.1 Å². The summed E-state index contributed by atoms with van der Waals surface area (Å²) in [6.45, 7) is 5.07. The molecule has 0 radical (unpaired) electrons. The Bertz CT molecular complexity index is 786. The second-order valence-corrected chi connectivity index (χ2v) is 7.84. The second-order valence-electron chi connectivity index (χ2n) is 7.84. The van der Waals surface area contributed by atoms with Gasteiger partial charge in [-0.1, -0.05) is 13.8 Å². The Balaban J connectivity index is 1.59. The number of hydrogen-bond donors (Lipinski definition) is 2. The van der Waals surface area contributed by atoms with E-state index in [0.717, 1.165) is 31.2 Å². The van der Waals surface area contributed by atoms with Crippen molar-refractivity contribution in [1.29, 1.82) is 5.26 Å². The number of nitrogens with zero attached hydrogens (tertiary/aromatic N) is 2. The molecule has 1 amide bonds. The molecule has 28 heavy (non-hydrogen) atoms. The van der Waals surface area contributed by atoms with Gasteiger partial charge in [-0.2, -0.15) is 5.26 Å². The number of hydrogen-bond acceptors (Lipinski definition) is 5. The van der Waals surface area contributed by atoms with Gasteiger partial charge in [0.25, 0.3) is 0 Å². The lowest BCUT2D eigenvalue weighted by atomic mass is 9.99. The third kappa shape index (κ3) is 4.28. The Labute approximate surface area is 165 Å². The van der Waals surface area contributed by atoms with Crippen molar-refractivity contribution in [2.75, 3.05) is 13.2 Å². The van der Waals surface area contributed by atoms with Gasteiger partial charge in [0.05, 0.1) is 17.7 Å². The van der Waals surface area contributed by atoms with Gasteiger partial charge in [0.1, 0.15) is 18.4 Å². The first-order chi connectivity index (χ1) is 13.4. The zero-order valence-electron chi connectivity index (χ0n) is 16.4. The molecule has 2 aliphatic rings. The summed E-state index contributed by atoms with van der Waals surface area (Å²) in [4.78, 5) is 25.6. The summed E-state index contributed by atoms with van der Waals surface area (Å²) in [5.74, 6) is -0.121. The molecule has 1 aromatic carbocycles. The van der Waals surface area contributed by atoms with Gasteiger partial charge < -0.3 is 14.7 Å². The number of carbonyl (C=O) groups is 2. The van der Waals surface area contributed by atoms with Crippen LogP contribution in [0.1, 0.15) is 61.4 Å². The molecule has 7 heteroatoms. The highest BCUT2D eigenvalue weighted by molar-refractivity contribution is 5.88. The lowest BCUT2D eigenvalue weighted by Crippen LogP contribution is -2.47. The Morgan fingerprint density at radius 2 is 2.14 bits per heavy atom. The summed E-state index contributed by atoms with van der Waals surface area (Å²) >= 11 is 0. The molecular weight excluding hydrogens is 358 g/mol. The summed E-state index contributed by atoms with van der Waals surface area (Å²) in [5, 5.41) is 21.7. The minimum absolute atomic E-state index is 0.0141. The molecule has 3 unspecified atom stereocenters. The monoisotopic (exact) mass is 385 g/mol. The van der Waals surface area contributed by atoms with Crippen LogP contribution in [0.4, 0.5) is 0 Å². The molecule has 2 fully saturated rings. The van der Waals surface area contributed by atoms with Gasteiger partial charge >= 0.3 is 5.97 Å². The van der Waals surface area contributed by atoms with Crippen LogP contribution in [-0.2, 0) is 4.79 Å². The topological polar surface area (TPSA) is 103 Å². The van der Waals surface area contributed by atoms with Crippen LogP contribution >= 0.6 is 0 Å². The highest BCUT2D eigenvalue weighted by Crippen LogP contribution is 2.29. The predicted molar refractivity (Wildman–Crippen MR) is 103 cm³/mol. The number of ether oxygens (including phenoxy) is 1. The summed E-state index contributed by atoms with van der Waals surface area (Å²) in [7, 11) is 0. The summed E-state index contributed by atoms with van der Waals surface area (Å²) in [6.07, 6.45) is 3.20. The molecule has 0 aromatic heterocycles. The SMILES string of the molecule is CC(C)c1cc(C(=O)O)ccc1OCC1CCC(C(=O)N2CCCC2C#N)N1. The average molecular weight is 385 g/mol. The fourth-order valence-corrected chi connectivity index (χ4v) is 3.96. The third-order valence-corrected chi connectivity index (χ3v) is 5.54. The molecule has 2 heterocycles. The Kier molecular flexibility index (Phi) is 6.20. The molecule has 0 bridgehead atoms. The Hall–Kier alpha value is -2.59. The van der Waals surface area contributed by atoms with Crippen molar-refractivity contribution < 1.29 is 19.4 Å². The predicted octanol–water partition coefficient (Wildman–Crippen LogP) is 2.52. The number of benzene rings is 1. The van der Waals surface area contributed by atoms with E-state index in [1.165, 1.54) is 0 Å². The quantitative estimate of drug-likeness (QED) is 0.780. The molecule has 7 nitrogen and oxygen atoms in total. The van der Waals surface area contributed by atoms with E-state index in [4.69, 9.17) is 4.74 Å². The molecule has 1 aromatic rings. The standard InChI is InChI=1S/C21H27N3O4/c1-13(2)17-10-14(21(26)27)5-8-19(17)28-12-15-6-7-18(23-15)20(25)24-9-3-4-16(24)11-22/h5,8,10,13,15-16,18,23H,3-4,6-7,9,12H2,1-2H3,(H,26,27). The van der Waals surface area contributed by atoms with Crippen LogP contribution in [0.2, 0.25) is 0 Å². The molecule has 2 aliphatic heterocycles. The van der Waals surface area contributed by atoms with E-state index in [2.05, 4.69) is 11.4 Å². The first-order valence-corrected chi connectivity index (χ1v) is 9.87. The van der Waals surface area contributed by atoms with E-state index < -0.39 is 5.97 Å². The molecule has 3 rings (SSSR count). The number of likely N-dealkylation sites (tertiary alicyclic amines) is 1. The first-order valence-electron chi connectivity index (χ1n) is 9.87. The number of carboxylic acid groups (broad SMARTS) is 1. The summed E-state index contributed by atoms with van der Waals surface area (Å²) in [6, 6.07) is 6.62. The number of nitriles is 1. The first kappa shape index (κ1) is 20.2. The van der Waals surface area contributed by atoms with Gasteiger partial charge in [0.2, 0.25) is 5.91 Å². The van der Waals surface area contributed by atoms with Crippen LogP contribution in [0.5, 0.6) is 5.75 Å². The van der Waals surface area contributed by atoms with Crippen molar-refractivity contribution in [1.82, 2.24) is 10.2 Å². The van der Waals surface area contributed by atoms with Crippen LogP contribution in [0.25, 0.3) is 0 Å². The van der Waals surface area contributed by atoms with Crippen molar-refractivity contribution in [3.8, 4) is 11.8 Å². The molecule has 2 N–H and O–H groups in total. The smallest absolute Gasteiger partial charge is 0.335 e. The fraction of sp³-hybridized carbons (Fsp3) is 0.571. The van der Waals surface area contributed by atoms with Crippen molar-refractivity contribution in [2.45, 2.75) is 63.6 Å². The van der Waals surface area contributed by atoms with Crippen molar-refractivity contribution >= 4 is 11.9 Å². The number of aromatic carboxylic acids is 1. The summed E-state index contributed by atoms with van der Waals surface area (Å²) < 4.78 is 5.98. The van der Waals surface area contributed by atoms with E-state index in [-0.39, 0.29) is 35.5 Å². The van der Waals surface area contributed by atoms with Crippen LogP contribution in [0.3, 0.4) is 0 Å². The van der Waals surface area contributed by atoms with Gasteiger partial charge in [-0.25, -0.2) is 4.79 Å². The second kappa shape index (κ2) is 8.61. The number of carboxylic acids is 1. The summed E-state index contributed by atoms with van der Waals surface area (Å²) in [5.41, 5.74) is 1.11. The molecule has 0 aliphatic carbocycles. The fourth-order valence-electron chi connectivity index (χ4n) is 3.96. The minimum atomic E-state index is -0.954. The van der Waals surface area contributed by atoms with E-state index >= 15 is 0 Å². The number of nitrogens with one attached hydrogen (secondary N) is 1. The molecule has 3 atom stereocenters. The van der Waals surface area contributed by atoms with E-state index in [0.29, 0.717) is 18.9 Å². The maximum absolute atomic E-state index is 12.7. The van der Waals surface area contributed by atoms with E-state index in [1.54, 1.807) is 23.1 Å². The van der Waals surface area contributed by atoms with Gasteiger partial charge in [0.15, 0.2) is 0 Å². The Morgan fingerprint density at radius 1 is 1.36 bits per heavy atom. The van der Waals surface area contributed by atoms with Crippen molar-refractivity contribution in [3.63, 3.8) is 0 Å². The zero-order chi connectivity index (χ0) is 20.3. The van der Waals surface area contributed by atoms with Gasteiger partial charge in [-0.05, 0) is 55.4 Å². The number of carbonyl (C=O) groups excluding carboxylic acids is 1. The highest BCUT2D eigenvalue weighted by Gasteiger charge is 2.37. The molecule has 2 saturated heterocycles. The lowest BCUT2D eigenvalue weighted by Gasteiger charge is -2.24. The van der Waals surface area contributed by atoms with Crippen molar-refractivity contribution in [2.24, 2.45) is 0 Å². The lowest BCUT2D eigenvalue weighted by molar-refractivity contribution is -0.133. The van der Waals surface area contributed by atoms with Crippen LogP contribution in [0.15, 0.2) is 18.2 Å². The van der Waals surface area contributed by atoms with Gasteiger partial charge in [0, 0.05) is 12.6 Å². The molecule has 0 spiro atoms. The van der Waals surface area contributed by atoms with Crippen LogP contribution in [-0.4, -0.2) is 53.2 Å².